The third-order valence-electron chi connectivity index (χ3n) is 3.18. The summed E-state index contributed by atoms with van der Waals surface area (Å²) >= 11 is 1.50. The van der Waals surface area contributed by atoms with Gasteiger partial charge in [0.25, 0.3) is 0 Å². The molecule has 0 bridgehead atoms. The summed E-state index contributed by atoms with van der Waals surface area (Å²) in [4.78, 5) is 25.2. The number of ether oxygens (including phenoxy) is 1. The largest absolute Gasteiger partial charge is 0.469 e. The Hall–Kier alpha value is -0.970. The normalized spacial score (nSPS) is 15.8. The number of carbonyl (C=O) groups is 2. The summed E-state index contributed by atoms with van der Waals surface area (Å²) in [5.74, 6) is 0.800. The highest BCUT2D eigenvalue weighted by Crippen LogP contribution is 2.22. The molecule has 0 saturated carbocycles. The second-order valence-electron chi connectivity index (χ2n) is 4.67. The quantitative estimate of drug-likeness (QED) is 0.674. The fourth-order valence-electron chi connectivity index (χ4n) is 2.11. The van der Waals surface area contributed by atoms with Gasteiger partial charge in [0.15, 0.2) is 0 Å². The monoisotopic (exact) mass is 285 g/mol. The molecule has 1 rings (SSSR count). The molecule has 0 aromatic carbocycles. The number of allylic oxidation sites excluding steroid dienone is 2. The lowest BCUT2D eigenvalue weighted by Crippen LogP contribution is -2.31. The van der Waals surface area contributed by atoms with Crippen molar-refractivity contribution in [1.82, 2.24) is 4.90 Å². The Morgan fingerprint density at radius 2 is 2.26 bits per heavy atom. The lowest BCUT2D eigenvalue weighted by Gasteiger charge is -2.22. The predicted octanol–water partition coefficient (Wildman–Crippen LogP) is 2.45. The van der Waals surface area contributed by atoms with Crippen LogP contribution in [0.4, 0.5) is 0 Å². The highest BCUT2D eigenvalue weighted by atomic mass is 32.2. The van der Waals surface area contributed by atoms with Crippen molar-refractivity contribution in [1.29, 1.82) is 0 Å². The van der Waals surface area contributed by atoms with Crippen LogP contribution in [0.25, 0.3) is 0 Å². The van der Waals surface area contributed by atoms with Gasteiger partial charge in [-0.1, -0.05) is 13.0 Å². The number of esters is 1. The summed E-state index contributed by atoms with van der Waals surface area (Å²) in [5.41, 5.74) is 1.16. The zero-order valence-electron chi connectivity index (χ0n) is 12.0. The van der Waals surface area contributed by atoms with Crippen LogP contribution in [0.2, 0.25) is 0 Å². The second-order valence-corrected chi connectivity index (χ2v) is 5.70. The topological polar surface area (TPSA) is 46.6 Å². The van der Waals surface area contributed by atoms with E-state index in [1.54, 1.807) is 0 Å². The highest BCUT2D eigenvalue weighted by Gasteiger charge is 2.19. The summed E-state index contributed by atoms with van der Waals surface area (Å²) in [7, 11) is 1.39. The first kappa shape index (κ1) is 16.1. The SMILES string of the molecule is CCN(C(=O)CSCC(C)C(=O)OC)C1=CCCC1. The Balaban J connectivity index is 2.35. The molecule has 0 fully saturated rings. The second kappa shape index (κ2) is 8.25. The molecule has 5 heteroatoms. The number of nitrogens with zero attached hydrogens (tertiary/aromatic N) is 1. The van der Waals surface area contributed by atoms with Gasteiger partial charge in [-0.05, 0) is 26.2 Å². The lowest BCUT2D eigenvalue weighted by molar-refractivity contribution is -0.144. The molecule has 1 amide bonds. The lowest BCUT2D eigenvalue weighted by atomic mass is 10.2. The summed E-state index contributed by atoms with van der Waals surface area (Å²) in [6.07, 6.45) is 5.38. The Morgan fingerprint density at radius 3 is 2.79 bits per heavy atom. The molecule has 19 heavy (non-hydrogen) atoms. The zero-order valence-corrected chi connectivity index (χ0v) is 12.8. The van der Waals surface area contributed by atoms with Crippen molar-refractivity contribution < 1.29 is 14.3 Å². The number of methoxy groups -OCH3 is 1. The van der Waals surface area contributed by atoms with Gasteiger partial charge in [-0.15, -0.1) is 0 Å². The van der Waals surface area contributed by atoms with E-state index in [2.05, 4.69) is 10.8 Å². The van der Waals surface area contributed by atoms with Crippen LogP contribution in [0.3, 0.4) is 0 Å². The van der Waals surface area contributed by atoms with E-state index in [1.165, 1.54) is 18.9 Å². The minimum absolute atomic E-state index is 0.137. The fourth-order valence-corrected chi connectivity index (χ4v) is 3.05. The molecule has 0 aromatic heterocycles. The van der Waals surface area contributed by atoms with Crippen molar-refractivity contribution in [2.75, 3.05) is 25.2 Å². The summed E-state index contributed by atoms with van der Waals surface area (Å²) in [6.45, 7) is 4.54. The van der Waals surface area contributed by atoms with Gasteiger partial charge in [-0.3, -0.25) is 9.59 Å². The molecule has 1 aliphatic carbocycles. The maximum atomic E-state index is 12.1. The van der Waals surface area contributed by atoms with Crippen LogP contribution in [-0.4, -0.2) is 41.9 Å². The Kier molecular flexibility index (Phi) is 6.99. The average Bonchev–Trinajstić information content (AvgIpc) is 2.92. The van der Waals surface area contributed by atoms with E-state index in [-0.39, 0.29) is 17.8 Å². The van der Waals surface area contributed by atoms with Crippen molar-refractivity contribution in [2.24, 2.45) is 5.92 Å². The number of rotatable bonds is 7. The van der Waals surface area contributed by atoms with Crippen LogP contribution in [-0.2, 0) is 14.3 Å². The van der Waals surface area contributed by atoms with Crippen LogP contribution in [0, 0.1) is 5.92 Å². The van der Waals surface area contributed by atoms with Crippen molar-refractivity contribution in [3.05, 3.63) is 11.8 Å². The van der Waals surface area contributed by atoms with E-state index >= 15 is 0 Å². The molecule has 0 N–H and O–H groups in total. The molecule has 1 atom stereocenters. The first-order valence-electron chi connectivity index (χ1n) is 6.75. The molecule has 0 radical (unpaired) electrons. The molecule has 0 saturated heterocycles. The highest BCUT2D eigenvalue weighted by molar-refractivity contribution is 7.99. The first-order valence-corrected chi connectivity index (χ1v) is 7.90. The number of hydrogen-bond acceptors (Lipinski definition) is 4. The van der Waals surface area contributed by atoms with Crippen LogP contribution in [0.15, 0.2) is 11.8 Å². The van der Waals surface area contributed by atoms with Gasteiger partial charge in [0.1, 0.15) is 0 Å². The standard InChI is InChI=1S/C14H23NO3S/c1-4-15(12-7-5-6-8-12)13(16)10-19-9-11(2)14(17)18-3/h7,11H,4-6,8-10H2,1-3H3. The molecule has 4 nitrogen and oxygen atoms in total. The number of carbonyl (C=O) groups excluding carboxylic acids is 2. The van der Waals surface area contributed by atoms with E-state index < -0.39 is 0 Å². The molecule has 0 spiro atoms. The van der Waals surface area contributed by atoms with E-state index in [4.69, 9.17) is 0 Å². The minimum atomic E-state index is -0.217. The van der Waals surface area contributed by atoms with E-state index in [0.29, 0.717) is 11.5 Å². The summed E-state index contributed by atoms with van der Waals surface area (Å²) < 4.78 is 4.66. The molecule has 0 aromatic rings. The van der Waals surface area contributed by atoms with Gasteiger partial charge in [0.05, 0.1) is 18.8 Å². The van der Waals surface area contributed by atoms with Crippen molar-refractivity contribution in [3.63, 3.8) is 0 Å². The molecule has 0 heterocycles. The summed E-state index contributed by atoms with van der Waals surface area (Å²) in [6, 6.07) is 0. The van der Waals surface area contributed by atoms with Gasteiger partial charge < -0.3 is 9.64 Å². The molecular weight excluding hydrogens is 262 g/mol. The van der Waals surface area contributed by atoms with E-state index in [0.717, 1.165) is 31.5 Å². The third kappa shape index (κ3) is 4.90. The van der Waals surface area contributed by atoms with E-state index in [9.17, 15) is 9.59 Å². The van der Waals surface area contributed by atoms with Crippen molar-refractivity contribution in [2.45, 2.75) is 33.1 Å². The van der Waals surface area contributed by atoms with Crippen LogP contribution in [0.5, 0.6) is 0 Å². The van der Waals surface area contributed by atoms with Crippen molar-refractivity contribution in [3.8, 4) is 0 Å². The Bertz CT molecular complexity index is 355. The average molecular weight is 285 g/mol. The van der Waals surface area contributed by atoms with Crippen LogP contribution < -0.4 is 0 Å². The molecule has 1 aliphatic rings. The van der Waals surface area contributed by atoms with Gasteiger partial charge in [-0.25, -0.2) is 0 Å². The molecular formula is C14H23NO3S. The molecule has 0 aliphatic heterocycles. The van der Waals surface area contributed by atoms with Crippen molar-refractivity contribution >= 4 is 23.6 Å². The zero-order chi connectivity index (χ0) is 14.3. The minimum Gasteiger partial charge on any atom is -0.469 e. The van der Waals surface area contributed by atoms with Crippen LogP contribution >= 0.6 is 11.8 Å². The maximum Gasteiger partial charge on any atom is 0.309 e. The molecule has 108 valence electrons. The Morgan fingerprint density at radius 1 is 1.53 bits per heavy atom. The maximum absolute atomic E-state index is 12.1. The number of thioether (sulfide) groups is 1. The molecule has 1 unspecified atom stereocenters. The van der Waals surface area contributed by atoms with Gasteiger partial charge in [0.2, 0.25) is 5.91 Å². The summed E-state index contributed by atoms with van der Waals surface area (Å²) in [5, 5.41) is 0. The number of amides is 1. The van der Waals surface area contributed by atoms with Crippen LogP contribution in [0.1, 0.15) is 33.1 Å². The van der Waals surface area contributed by atoms with Gasteiger partial charge in [-0.2, -0.15) is 11.8 Å². The Labute approximate surface area is 119 Å². The smallest absolute Gasteiger partial charge is 0.309 e. The number of hydrogen-bond donors (Lipinski definition) is 0. The van der Waals surface area contributed by atoms with E-state index in [1.807, 2.05) is 18.7 Å². The first-order chi connectivity index (χ1) is 9.10. The third-order valence-corrected chi connectivity index (χ3v) is 4.36. The predicted molar refractivity (Wildman–Crippen MR) is 77.8 cm³/mol. The fraction of sp³-hybridized carbons (Fsp3) is 0.714. The van der Waals surface area contributed by atoms with Gasteiger partial charge >= 0.3 is 5.97 Å². The van der Waals surface area contributed by atoms with Gasteiger partial charge in [0, 0.05) is 18.0 Å².